The van der Waals surface area contributed by atoms with Gasteiger partial charge in [-0.2, -0.15) is 0 Å². The molecular weight excluding hydrogens is 260 g/mol. The Labute approximate surface area is 120 Å². The highest BCUT2D eigenvalue weighted by molar-refractivity contribution is 5.78. The van der Waals surface area contributed by atoms with Crippen LogP contribution in [0.25, 0.3) is 0 Å². The van der Waals surface area contributed by atoms with Crippen molar-refractivity contribution in [3.63, 3.8) is 0 Å². The van der Waals surface area contributed by atoms with E-state index in [0.29, 0.717) is 13.2 Å². The lowest BCUT2D eigenvalue weighted by molar-refractivity contribution is -0.146. The van der Waals surface area contributed by atoms with E-state index in [1.165, 1.54) is 0 Å². The molecule has 116 valence electrons. The number of morpholine rings is 1. The molecule has 6 nitrogen and oxygen atoms in total. The van der Waals surface area contributed by atoms with Crippen LogP contribution in [0.3, 0.4) is 0 Å². The number of hydrogen-bond donors (Lipinski definition) is 2. The summed E-state index contributed by atoms with van der Waals surface area (Å²) in [7, 11) is 0. The first kappa shape index (κ1) is 16.9. The summed E-state index contributed by atoms with van der Waals surface area (Å²) < 4.78 is 5.26. The lowest BCUT2D eigenvalue weighted by Gasteiger charge is -2.35. The molecular formula is C14H26N2O4. The molecule has 20 heavy (non-hydrogen) atoms. The van der Waals surface area contributed by atoms with E-state index in [-0.39, 0.29) is 42.9 Å². The molecule has 1 rings (SSSR count). The molecule has 1 saturated heterocycles. The Morgan fingerprint density at radius 1 is 1.45 bits per heavy atom. The zero-order valence-electron chi connectivity index (χ0n) is 12.6. The molecule has 0 aromatic heterocycles. The van der Waals surface area contributed by atoms with Gasteiger partial charge in [0.05, 0.1) is 25.7 Å². The topological polar surface area (TPSA) is 92.9 Å². The molecule has 2 unspecified atom stereocenters. The summed E-state index contributed by atoms with van der Waals surface area (Å²) in [6, 6.07) is -0.577. The second kappa shape index (κ2) is 7.04. The first-order chi connectivity index (χ1) is 9.19. The Hall–Kier alpha value is -1.14. The number of hydrogen-bond acceptors (Lipinski definition) is 4. The fourth-order valence-corrected chi connectivity index (χ4v) is 2.55. The Bertz CT molecular complexity index is 352. The summed E-state index contributed by atoms with van der Waals surface area (Å²) in [5, 5.41) is 8.88. The van der Waals surface area contributed by atoms with Gasteiger partial charge in [0.2, 0.25) is 5.91 Å². The quantitative estimate of drug-likeness (QED) is 0.781. The molecule has 1 aliphatic rings. The van der Waals surface area contributed by atoms with E-state index in [9.17, 15) is 9.59 Å². The van der Waals surface area contributed by atoms with Crippen molar-refractivity contribution in [1.82, 2.24) is 4.90 Å². The van der Waals surface area contributed by atoms with Gasteiger partial charge in [-0.15, -0.1) is 0 Å². The lowest BCUT2D eigenvalue weighted by Crippen LogP contribution is -2.50. The lowest BCUT2D eigenvalue weighted by atomic mass is 9.87. The molecule has 1 amide bonds. The Morgan fingerprint density at radius 3 is 2.65 bits per heavy atom. The third kappa shape index (κ3) is 5.88. The number of nitrogens with two attached hydrogens (primary N) is 1. The highest BCUT2D eigenvalue weighted by Gasteiger charge is 2.30. The number of aliphatic carboxylic acids is 1. The van der Waals surface area contributed by atoms with Gasteiger partial charge in [-0.25, -0.2) is 0 Å². The van der Waals surface area contributed by atoms with Gasteiger partial charge >= 0.3 is 5.97 Å². The van der Waals surface area contributed by atoms with E-state index >= 15 is 0 Å². The highest BCUT2D eigenvalue weighted by Crippen LogP contribution is 2.22. The summed E-state index contributed by atoms with van der Waals surface area (Å²) in [5.41, 5.74) is 6.09. The molecule has 0 spiro atoms. The number of nitrogens with zero attached hydrogens (tertiary/aromatic N) is 1. The van der Waals surface area contributed by atoms with E-state index in [1.807, 2.05) is 0 Å². The molecule has 1 heterocycles. The number of amides is 1. The van der Waals surface area contributed by atoms with Crippen LogP contribution in [0.5, 0.6) is 0 Å². The van der Waals surface area contributed by atoms with Crippen LogP contribution < -0.4 is 5.73 Å². The largest absolute Gasteiger partial charge is 0.481 e. The average Bonchev–Trinajstić information content (AvgIpc) is 2.25. The second-order valence-electron chi connectivity index (χ2n) is 6.64. The van der Waals surface area contributed by atoms with Crippen molar-refractivity contribution in [2.24, 2.45) is 11.1 Å². The van der Waals surface area contributed by atoms with Crippen molar-refractivity contribution >= 4 is 11.9 Å². The van der Waals surface area contributed by atoms with Crippen molar-refractivity contribution in [2.45, 2.75) is 52.1 Å². The summed E-state index contributed by atoms with van der Waals surface area (Å²) in [4.78, 5) is 24.7. The van der Waals surface area contributed by atoms with Crippen LogP contribution >= 0.6 is 0 Å². The molecule has 0 aromatic rings. The minimum absolute atomic E-state index is 0.0729. The van der Waals surface area contributed by atoms with Gasteiger partial charge in [0.25, 0.3) is 0 Å². The van der Waals surface area contributed by atoms with E-state index in [1.54, 1.807) is 4.90 Å². The zero-order valence-corrected chi connectivity index (χ0v) is 12.6. The van der Waals surface area contributed by atoms with Crippen LogP contribution in [-0.4, -0.2) is 53.7 Å². The maximum absolute atomic E-state index is 12.3. The van der Waals surface area contributed by atoms with Crippen molar-refractivity contribution in [1.29, 1.82) is 0 Å². The third-order valence-corrected chi connectivity index (χ3v) is 3.27. The molecule has 3 N–H and O–H groups in total. The molecule has 0 aliphatic carbocycles. The van der Waals surface area contributed by atoms with Crippen LogP contribution in [0.2, 0.25) is 0 Å². The molecule has 0 bridgehead atoms. The van der Waals surface area contributed by atoms with Gasteiger partial charge in [0.1, 0.15) is 0 Å². The fourth-order valence-electron chi connectivity index (χ4n) is 2.55. The van der Waals surface area contributed by atoms with Crippen LogP contribution in [0.4, 0.5) is 0 Å². The smallest absolute Gasteiger partial charge is 0.305 e. The number of rotatable bonds is 5. The Morgan fingerprint density at radius 2 is 2.10 bits per heavy atom. The maximum Gasteiger partial charge on any atom is 0.305 e. The van der Waals surface area contributed by atoms with Gasteiger partial charge in [-0.1, -0.05) is 20.8 Å². The summed E-state index contributed by atoms with van der Waals surface area (Å²) in [6.07, 6.45) is 0.931. The van der Waals surface area contributed by atoms with Gasteiger partial charge in [-0.3, -0.25) is 9.59 Å². The number of carboxylic acid groups (broad SMARTS) is 1. The molecule has 0 saturated carbocycles. The first-order valence-corrected chi connectivity index (χ1v) is 7.03. The molecule has 6 heteroatoms. The van der Waals surface area contributed by atoms with E-state index in [2.05, 4.69) is 20.8 Å². The van der Waals surface area contributed by atoms with Crippen molar-refractivity contribution in [3.05, 3.63) is 0 Å². The SMILES string of the molecule is CC(C)(C)CC(N)CC(=O)N1CCOCC1CC(=O)O. The standard InChI is InChI=1S/C14H26N2O4/c1-14(2,3)8-10(15)6-12(17)16-4-5-20-9-11(16)7-13(18)19/h10-11H,4-9,15H2,1-3H3,(H,18,19). The van der Waals surface area contributed by atoms with Crippen LogP contribution in [0.15, 0.2) is 0 Å². The van der Waals surface area contributed by atoms with Crippen LogP contribution in [0, 0.1) is 5.41 Å². The summed E-state index contributed by atoms with van der Waals surface area (Å²) >= 11 is 0. The maximum atomic E-state index is 12.3. The third-order valence-electron chi connectivity index (χ3n) is 3.27. The molecule has 0 aromatic carbocycles. The summed E-state index contributed by atoms with van der Waals surface area (Å²) in [5.74, 6) is -0.992. The van der Waals surface area contributed by atoms with Crippen LogP contribution in [-0.2, 0) is 14.3 Å². The molecule has 1 fully saturated rings. The first-order valence-electron chi connectivity index (χ1n) is 7.03. The van der Waals surface area contributed by atoms with Crippen molar-refractivity contribution < 1.29 is 19.4 Å². The normalized spacial score (nSPS) is 21.6. The predicted molar refractivity (Wildman–Crippen MR) is 75.2 cm³/mol. The van der Waals surface area contributed by atoms with Crippen molar-refractivity contribution in [3.8, 4) is 0 Å². The number of carbonyl (C=O) groups is 2. The van der Waals surface area contributed by atoms with E-state index in [4.69, 9.17) is 15.6 Å². The molecule has 0 radical (unpaired) electrons. The predicted octanol–water partition coefficient (Wildman–Crippen LogP) is 0.842. The minimum atomic E-state index is -0.919. The summed E-state index contributed by atoms with van der Waals surface area (Å²) in [6.45, 7) is 7.43. The molecule has 2 atom stereocenters. The number of ether oxygens (including phenoxy) is 1. The van der Waals surface area contributed by atoms with Gasteiger partial charge in [-0.05, 0) is 11.8 Å². The zero-order chi connectivity index (χ0) is 15.3. The van der Waals surface area contributed by atoms with Gasteiger partial charge in [0.15, 0.2) is 0 Å². The average molecular weight is 286 g/mol. The Kier molecular flexibility index (Phi) is 5.95. The van der Waals surface area contributed by atoms with E-state index < -0.39 is 5.97 Å². The highest BCUT2D eigenvalue weighted by atomic mass is 16.5. The fraction of sp³-hybridized carbons (Fsp3) is 0.857. The van der Waals surface area contributed by atoms with Crippen molar-refractivity contribution in [2.75, 3.05) is 19.8 Å². The molecule has 1 aliphatic heterocycles. The Balaban J connectivity index is 2.57. The minimum Gasteiger partial charge on any atom is -0.481 e. The number of carbonyl (C=O) groups excluding carboxylic acids is 1. The monoisotopic (exact) mass is 286 g/mol. The van der Waals surface area contributed by atoms with E-state index in [0.717, 1.165) is 6.42 Å². The second-order valence-corrected chi connectivity index (χ2v) is 6.64. The number of carboxylic acids is 1. The van der Waals surface area contributed by atoms with Crippen LogP contribution in [0.1, 0.15) is 40.0 Å². The van der Waals surface area contributed by atoms with Gasteiger partial charge < -0.3 is 20.5 Å². The van der Waals surface area contributed by atoms with Gasteiger partial charge in [0, 0.05) is 19.0 Å².